The smallest absolute Gasteiger partial charge is 0.207 e. The number of aryl methyl sites for hydroxylation is 1. The van der Waals surface area contributed by atoms with E-state index in [0.29, 0.717) is 6.61 Å². The van der Waals surface area contributed by atoms with Crippen LogP contribution in [0, 0.1) is 6.92 Å². The van der Waals surface area contributed by atoms with Crippen LogP contribution < -0.4 is 5.32 Å². The molecule has 1 aromatic carbocycles. The zero-order chi connectivity index (χ0) is 14.7. The summed E-state index contributed by atoms with van der Waals surface area (Å²) in [6, 6.07) is 8.12. The van der Waals surface area contributed by atoms with E-state index in [1.165, 1.54) is 0 Å². The standard InChI is InChI=1S/C16H18N4O/c1-12-11-20(8-9-21-2)16(18-12)19-15-5-3-4-13-10-17-7-6-14(13)15/h3-7,10-11H,8-9H2,1-2H3,(H,18,19). The second kappa shape index (κ2) is 5.93. The molecule has 2 aromatic heterocycles. The molecular formula is C16H18N4O. The molecule has 0 bridgehead atoms. The van der Waals surface area contributed by atoms with E-state index < -0.39 is 0 Å². The van der Waals surface area contributed by atoms with Gasteiger partial charge in [-0.25, -0.2) is 4.98 Å². The predicted molar refractivity (Wildman–Crippen MR) is 83.9 cm³/mol. The molecule has 0 aliphatic carbocycles. The van der Waals surface area contributed by atoms with Gasteiger partial charge in [0.05, 0.1) is 12.3 Å². The van der Waals surface area contributed by atoms with Gasteiger partial charge in [0, 0.05) is 48.7 Å². The number of rotatable bonds is 5. The van der Waals surface area contributed by atoms with Gasteiger partial charge in [0.15, 0.2) is 0 Å². The monoisotopic (exact) mass is 282 g/mol. The summed E-state index contributed by atoms with van der Waals surface area (Å²) in [5.41, 5.74) is 2.01. The van der Waals surface area contributed by atoms with Crippen LogP contribution in [-0.4, -0.2) is 28.3 Å². The molecule has 3 rings (SSSR count). The van der Waals surface area contributed by atoms with Crippen molar-refractivity contribution >= 4 is 22.4 Å². The summed E-state index contributed by atoms with van der Waals surface area (Å²) in [7, 11) is 1.70. The highest BCUT2D eigenvalue weighted by Crippen LogP contribution is 2.25. The van der Waals surface area contributed by atoms with Crippen molar-refractivity contribution in [3.8, 4) is 0 Å². The number of nitrogens with one attached hydrogen (secondary N) is 1. The number of aromatic nitrogens is 3. The van der Waals surface area contributed by atoms with E-state index in [4.69, 9.17) is 4.74 Å². The van der Waals surface area contributed by atoms with Crippen LogP contribution in [0.4, 0.5) is 11.6 Å². The molecule has 2 heterocycles. The first kappa shape index (κ1) is 13.6. The van der Waals surface area contributed by atoms with E-state index >= 15 is 0 Å². The molecule has 0 unspecified atom stereocenters. The van der Waals surface area contributed by atoms with Crippen LogP contribution in [-0.2, 0) is 11.3 Å². The number of pyridine rings is 1. The highest BCUT2D eigenvalue weighted by Gasteiger charge is 2.07. The highest BCUT2D eigenvalue weighted by molar-refractivity contribution is 5.94. The van der Waals surface area contributed by atoms with Gasteiger partial charge < -0.3 is 14.6 Å². The van der Waals surface area contributed by atoms with Crippen molar-refractivity contribution in [1.82, 2.24) is 14.5 Å². The number of benzene rings is 1. The van der Waals surface area contributed by atoms with Crippen LogP contribution in [0.5, 0.6) is 0 Å². The molecule has 0 aliphatic heterocycles. The maximum Gasteiger partial charge on any atom is 0.207 e. The van der Waals surface area contributed by atoms with Crippen LogP contribution >= 0.6 is 0 Å². The second-order valence-corrected chi connectivity index (χ2v) is 4.92. The van der Waals surface area contributed by atoms with Gasteiger partial charge >= 0.3 is 0 Å². The van der Waals surface area contributed by atoms with E-state index in [-0.39, 0.29) is 0 Å². The fourth-order valence-electron chi connectivity index (χ4n) is 2.36. The van der Waals surface area contributed by atoms with E-state index in [1.54, 1.807) is 13.3 Å². The van der Waals surface area contributed by atoms with Crippen molar-refractivity contribution in [1.29, 1.82) is 0 Å². The molecule has 5 heteroatoms. The fraction of sp³-hybridized carbons (Fsp3) is 0.250. The SMILES string of the molecule is COCCn1cc(C)nc1Nc1cccc2cnccc12. The largest absolute Gasteiger partial charge is 0.383 e. The molecule has 108 valence electrons. The van der Waals surface area contributed by atoms with Crippen LogP contribution in [0.3, 0.4) is 0 Å². The Labute approximate surface area is 123 Å². The third kappa shape index (κ3) is 2.87. The Morgan fingerprint density at radius 2 is 2.19 bits per heavy atom. The van der Waals surface area contributed by atoms with Crippen molar-refractivity contribution in [2.75, 3.05) is 19.0 Å². The van der Waals surface area contributed by atoms with Gasteiger partial charge in [-0.3, -0.25) is 4.98 Å². The van der Waals surface area contributed by atoms with Gasteiger partial charge in [-0.15, -0.1) is 0 Å². The van der Waals surface area contributed by atoms with Gasteiger partial charge in [-0.2, -0.15) is 0 Å². The van der Waals surface area contributed by atoms with Gasteiger partial charge in [0.1, 0.15) is 0 Å². The summed E-state index contributed by atoms with van der Waals surface area (Å²) in [6.45, 7) is 3.41. The number of hydrogen-bond donors (Lipinski definition) is 1. The number of fused-ring (bicyclic) bond motifs is 1. The van der Waals surface area contributed by atoms with Crippen molar-refractivity contribution < 1.29 is 4.74 Å². The maximum atomic E-state index is 5.15. The summed E-state index contributed by atoms with van der Waals surface area (Å²) in [5.74, 6) is 0.828. The Bertz CT molecular complexity index is 746. The Hall–Kier alpha value is -2.40. The summed E-state index contributed by atoms with van der Waals surface area (Å²) < 4.78 is 7.21. The molecule has 1 N–H and O–H groups in total. The van der Waals surface area contributed by atoms with E-state index in [0.717, 1.165) is 34.6 Å². The first-order valence-corrected chi connectivity index (χ1v) is 6.90. The second-order valence-electron chi connectivity index (χ2n) is 4.92. The van der Waals surface area contributed by atoms with E-state index in [2.05, 4.69) is 25.9 Å². The quantitative estimate of drug-likeness (QED) is 0.781. The molecule has 0 amide bonds. The van der Waals surface area contributed by atoms with Crippen LogP contribution in [0.25, 0.3) is 10.8 Å². The molecule has 0 atom stereocenters. The molecule has 0 aliphatic rings. The highest BCUT2D eigenvalue weighted by atomic mass is 16.5. The average molecular weight is 282 g/mol. The number of anilines is 2. The lowest BCUT2D eigenvalue weighted by Crippen LogP contribution is -2.07. The lowest BCUT2D eigenvalue weighted by Gasteiger charge is -2.11. The summed E-state index contributed by atoms with van der Waals surface area (Å²) in [4.78, 5) is 8.70. The molecule has 0 saturated heterocycles. The van der Waals surface area contributed by atoms with E-state index in [1.807, 2.05) is 37.5 Å². The van der Waals surface area contributed by atoms with Gasteiger partial charge in [0.25, 0.3) is 0 Å². The molecule has 0 saturated carbocycles. The number of ether oxygens (including phenoxy) is 1. The third-order valence-electron chi connectivity index (χ3n) is 3.36. The zero-order valence-electron chi connectivity index (χ0n) is 12.2. The predicted octanol–water partition coefficient (Wildman–Crippen LogP) is 3.13. The minimum atomic E-state index is 0.657. The molecule has 5 nitrogen and oxygen atoms in total. The van der Waals surface area contributed by atoms with Gasteiger partial charge in [-0.1, -0.05) is 12.1 Å². The van der Waals surface area contributed by atoms with Crippen LogP contribution in [0.1, 0.15) is 5.69 Å². The Morgan fingerprint density at radius 1 is 1.29 bits per heavy atom. The van der Waals surface area contributed by atoms with E-state index in [9.17, 15) is 0 Å². The molecule has 0 radical (unpaired) electrons. The summed E-state index contributed by atoms with van der Waals surface area (Å²) in [5, 5.41) is 5.65. The molecule has 0 spiro atoms. The number of hydrogen-bond acceptors (Lipinski definition) is 4. The minimum Gasteiger partial charge on any atom is -0.383 e. The first-order chi connectivity index (χ1) is 10.3. The molecule has 21 heavy (non-hydrogen) atoms. The van der Waals surface area contributed by atoms with Crippen molar-refractivity contribution in [2.45, 2.75) is 13.5 Å². The summed E-state index contributed by atoms with van der Waals surface area (Å²) in [6.07, 6.45) is 5.69. The Morgan fingerprint density at radius 3 is 3.05 bits per heavy atom. The van der Waals surface area contributed by atoms with Crippen LogP contribution in [0.2, 0.25) is 0 Å². The zero-order valence-corrected chi connectivity index (χ0v) is 12.2. The Kier molecular flexibility index (Phi) is 3.83. The molecule has 0 fully saturated rings. The van der Waals surface area contributed by atoms with Gasteiger partial charge in [-0.05, 0) is 19.1 Å². The minimum absolute atomic E-state index is 0.657. The Balaban J connectivity index is 1.95. The summed E-state index contributed by atoms with van der Waals surface area (Å²) >= 11 is 0. The molecule has 3 aromatic rings. The number of methoxy groups -OCH3 is 1. The lowest BCUT2D eigenvalue weighted by atomic mass is 10.1. The van der Waals surface area contributed by atoms with Gasteiger partial charge in [0.2, 0.25) is 5.95 Å². The van der Waals surface area contributed by atoms with Crippen molar-refractivity contribution in [3.05, 3.63) is 48.5 Å². The normalized spacial score (nSPS) is 11.0. The number of nitrogens with zero attached hydrogens (tertiary/aromatic N) is 3. The fourth-order valence-corrected chi connectivity index (χ4v) is 2.36. The molecular weight excluding hydrogens is 264 g/mol. The van der Waals surface area contributed by atoms with Crippen LogP contribution in [0.15, 0.2) is 42.9 Å². The average Bonchev–Trinajstić information content (AvgIpc) is 2.85. The maximum absolute atomic E-state index is 5.15. The van der Waals surface area contributed by atoms with Crippen molar-refractivity contribution in [3.63, 3.8) is 0 Å². The number of imidazole rings is 1. The van der Waals surface area contributed by atoms with Crippen molar-refractivity contribution in [2.24, 2.45) is 0 Å². The first-order valence-electron chi connectivity index (χ1n) is 6.90. The lowest BCUT2D eigenvalue weighted by molar-refractivity contribution is 0.188. The topological polar surface area (TPSA) is 52.0 Å². The third-order valence-corrected chi connectivity index (χ3v) is 3.36.